The second kappa shape index (κ2) is 5.84. The minimum Gasteiger partial charge on any atom is -0.370 e. The molecule has 0 aliphatic carbocycles. The fourth-order valence-electron chi connectivity index (χ4n) is 1.79. The van der Waals surface area contributed by atoms with Gasteiger partial charge in [-0.1, -0.05) is 25.7 Å². The lowest BCUT2D eigenvalue weighted by atomic mass is 10.1. The maximum Gasteiger partial charge on any atom is 0.190 e. The summed E-state index contributed by atoms with van der Waals surface area (Å²) >= 11 is 0. The van der Waals surface area contributed by atoms with Crippen molar-refractivity contribution in [3.05, 3.63) is 0 Å². The Labute approximate surface area is 81.0 Å². The monoisotopic (exact) mass is 183 g/mol. The van der Waals surface area contributed by atoms with Crippen molar-refractivity contribution < 1.29 is 0 Å². The Morgan fingerprint density at radius 1 is 1.00 bits per heavy atom. The van der Waals surface area contributed by atoms with Crippen molar-refractivity contribution in [3.8, 4) is 0 Å². The summed E-state index contributed by atoms with van der Waals surface area (Å²) in [7, 11) is 1.77. The maximum absolute atomic E-state index is 5.80. The first-order valence-electron chi connectivity index (χ1n) is 5.32. The van der Waals surface area contributed by atoms with Gasteiger partial charge in [0.2, 0.25) is 0 Å². The fourth-order valence-corrected chi connectivity index (χ4v) is 1.79. The number of rotatable bonds is 0. The van der Waals surface area contributed by atoms with Crippen LogP contribution < -0.4 is 5.73 Å². The van der Waals surface area contributed by atoms with Crippen molar-refractivity contribution in [2.45, 2.75) is 38.5 Å². The summed E-state index contributed by atoms with van der Waals surface area (Å²) in [4.78, 5) is 6.25. The van der Waals surface area contributed by atoms with Crippen LogP contribution in [0.1, 0.15) is 38.5 Å². The van der Waals surface area contributed by atoms with E-state index in [9.17, 15) is 0 Å². The molecule has 1 aliphatic heterocycles. The second-order valence-electron chi connectivity index (χ2n) is 3.69. The third-order valence-corrected chi connectivity index (χ3v) is 2.66. The summed E-state index contributed by atoms with van der Waals surface area (Å²) in [5.41, 5.74) is 5.80. The fraction of sp³-hybridized carbons (Fsp3) is 0.900. The van der Waals surface area contributed by atoms with Gasteiger partial charge in [-0.05, 0) is 12.8 Å². The van der Waals surface area contributed by atoms with E-state index in [1.54, 1.807) is 7.05 Å². The van der Waals surface area contributed by atoms with Crippen LogP contribution in [0.4, 0.5) is 0 Å². The molecule has 0 aromatic carbocycles. The van der Waals surface area contributed by atoms with Gasteiger partial charge in [-0.3, -0.25) is 4.99 Å². The van der Waals surface area contributed by atoms with Gasteiger partial charge in [-0.2, -0.15) is 0 Å². The van der Waals surface area contributed by atoms with Crippen LogP contribution in [0.3, 0.4) is 0 Å². The Bertz CT molecular complexity index is 156. The zero-order chi connectivity index (χ0) is 9.52. The molecular formula is C10H21N3. The van der Waals surface area contributed by atoms with Crippen LogP contribution in [0.2, 0.25) is 0 Å². The van der Waals surface area contributed by atoms with Crippen LogP contribution in [0.25, 0.3) is 0 Å². The smallest absolute Gasteiger partial charge is 0.190 e. The Morgan fingerprint density at radius 2 is 1.46 bits per heavy atom. The molecule has 1 heterocycles. The zero-order valence-corrected chi connectivity index (χ0v) is 8.63. The van der Waals surface area contributed by atoms with Crippen LogP contribution in [-0.2, 0) is 0 Å². The van der Waals surface area contributed by atoms with E-state index < -0.39 is 0 Å². The summed E-state index contributed by atoms with van der Waals surface area (Å²) in [6.45, 7) is 2.17. The van der Waals surface area contributed by atoms with Crippen LogP contribution in [0.5, 0.6) is 0 Å². The first-order valence-corrected chi connectivity index (χ1v) is 5.32. The van der Waals surface area contributed by atoms with Gasteiger partial charge in [0, 0.05) is 20.1 Å². The van der Waals surface area contributed by atoms with Crippen molar-refractivity contribution in [3.63, 3.8) is 0 Å². The molecule has 0 radical (unpaired) electrons. The molecular weight excluding hydrogens is 162 g/mol. The standard InChI is InChI=1S/C10H21N3/c1-12-10(11)13-8-6-4-2-3-5-7-9-13/h2-9H2,1H3,(H2,11,12). The van der Waals surface area contributed by atoms with Crippen molar-refractivity contribution in [2.75, 3.05) is 20.1 Å². The molecule has 1 fully saturated rings. The van der Waals surface area contributed by atoms with Gasteiger partial charge in [0.05, 0.1) is 0 Å². The predicted octanol–water partition coefficient (Wildman–Crippen LogP) is 1.59. The first-order chi connectivity index (χ1) is 6.34. The summed E-state index contributed by atoms with van der Waals surface area (Å²) in [6, 6.07) is 0. The number of hydrogen-bond donors (Lipinski definition) is 1. The highest BCUT2D eigenvalue weighted by molar-refractivity contribution is 5.77. The van der Waals surface area contributed by atoms with Gasteiger partial charge < -0.3 is 10.6 Å². The van der Waals surface area contributed by atoms with E-state index >= 15 is 0 Å². The average molecular weight is 183 g/mol. The molecule has 0 spiro atoms. The van der Waals surface area contributed by atoms with E-state index in [1.165, 1.54) is 38.5 Å². The number of aliphatic imine (C=N–C) groups is 1. The first kappa shape index (κ1) is 10.4. The van der Waals surface area contributed by atoms with Gasteiger partial charge in [0.15, 0.2) is 5.96 Å². The minimum absolute atomic E-state index is 0.710. The van der Waals surface area contributed by atoms with E-state index in [-0.39, 0.29) is 0 Å². The minimum atomic E-state index is 0.710. The van der Waals surface area contributed by atoms with Crippen molar-refractivity contribution >= 4 is 5.96 Å². The summed E-state index contributed by atoms with van der Waals surface area (Å²) < 4.78 is 0. The van der Waals surface area contributed by atoms with Crippen LogP contribution in [0, 0.1) is 0 Å². The molecule has 2 N–H and O–H groups in total. The number of nitrogens with zero attached hydrogens (tertiary/aromatic N) is 2. The number of nitrogens with two attached hydrogens (primary N) is 1. The highest BCUT2D eigenvalue weighted by atomic mass is 15.2. The lowest BCUT2D eigenvalue weighted by Crippen LogP contribution is -2.38. The van der Waals surface area contributed by atoms with Crippen LogP contribution >= 0.6 is 0 Å². The normalized spacial score (nSPS) is 21.9. The Morgan fingerprint density at radius 3 is 1.92 bits per heavy atom. The SMILES string of the molecule is CN=C(N)N1CCCCCCCC1. The lowest BCUT2D eigenvalue weighted by molar-refractivity contribution is 0.401. The van der Waals surface area contributed by atoms with E-state index in [0.717, 1.165) is 13.1 Å². The highest BCUT2D eigenvalue weighted by Gasteiger charge is 2.08. The maximum atomic E-state index is 5.80. The van der Waals surface area contributed by atoms with Gasteiger partial charge in [-0.15, -0.1) is 0 Å². The van der Waals surface area contributed by atoms with Crippen molar-refractivity contribution in [1.82, 2.24) is 4.90 Å². The van der Waals surface area contributed by atoms with E-state index in [0.29, 0.717) is 5.96 Å². The molecule has 1 aliphatic rings. The lowest BCUT2D eigenvalue weighted by Gasteiger charge is -2.22. The van der Waals surface area contributed by atoms with Gasteiger partial charge in [0.1, 0.15) is 0 Å². The number of guanidine groups is 1. The van der Waals surface area contributed by atoms with Crippen molar-refractivity contribution in [1.29, 1.82) is 0 Å². The third kappa shape index (κ3) is 3.66. The topological polar surface area (TPSA) is 41.6 Å². The Hall–Kier alpha value is -0.730. The molecule has 0 atom stereocenters. The summed E-state index contributed by atoms with van der Waals surface area (Å²) in [6.07, 6.45) is 7.97. The second-order valence-corrected chi connectivity index (χ2v) is 3.69. The Kier molecular flexibility index (Phi) is 4.65. The molecule has 0 saturated carbocycles. The van der Waals surface area contributed by atoms with E-state index in [4.69, 9.17) is 5.73 Å². The van der Waals surface area contributed by atoms with Gasteiger partial charge in [-0.25, -0.2) is 0 Å². The average Bonchev–Trinajstić information content (AvgIpc) is 2.29. The largest absolute Gasteiger partial charge is 0.370 e. The molecule has 0 aromatic heterocycles. The highest BCUT2D eigenvalue weighted by Crippen LogP contribution is 2.10. The third-order valence-electron chi connectivity index (χ3n) is 2.66. The molecule has 0 amide bonds. The predicted molar refractivity (Wildman–Crippen MR) is 56.8 cm³/mol. The summed E-state index contributed by atoms with van der Waals surface area (Å²) in [5.74, 6) is 0.710. The number of hydrogen-bond acceptors (Lipinski definition) is 1. The molecule has 3 nitrogen and oxygen atoms in total. The molecule has 1 saturated heterocycles. The molecule has 0 unspecified atom stereocenters. The molecule has 0 bridgehead atoms. The molecule has 1 rings (SSSR count). The zero-order valence-electron chi connectivity index (χ0n) is 8.63. The quantitative estimate of drug-likeness (QED) is 0.457. The van der Waals surface area contributed by atoms with Gasteiger partial charge in [0.25, 0.3) is 0 Å². The van der Waals surface area contributed by atoms with E-state index in [2.05, 4.69) is 9.89 Å². The Balaban J connectivity index is 2.41. The van der Waals surface area contributed by atoms with Crippen LogP contribution in [0.15, 0.2) is 4.99 Å². The summed E-state index contributed by atoms with van der Waals surface area (Å²) in [5, 5.41) is 0. The van der Waals surface area contributed by atoms with Gasteiger partial charge >= 0.3 is 0 Å². The van der Waals surface area contributed by atoms with Crippen molar-refractivity contribution in [2.24, 2.45) is 10.7 Å². The van der Waals surface area contributed by atoms with E-state index in [1.807, 2.05) is 0 Å². The molecule has 76 valence electrons. The molecule has 13 heavy (non-hydrogen) atoms. The van der Waals surface area contributed by atoms with Crippen LogP contribution in [-0.4, -0.2) is 31.0 Å². The molecule has 0 aromatic rings. The molecule has 3 heteroatoms.